The first-order chi connectivity index (χ1) is 9.92. The molecule has 2 N–H and O–H groups in total. The summed E-state index contributed by atoms with van der Waals surface area (Å²) in [6.45, 7) is 0.975. The molecular formula is C14H17F3N2O2. The van der Waals surface area contributed by atoms with Crippen molar-refractivity contribution in [3.8, 4) is 5.75 Å². The molecule has 1 unspecified atom stereocenters. The molecule has 1 saturated heterocycles. The van der Waals surface area contributed by atoms with Gasteiger partial charge in [-0.25, -0.2) is 0 Å². The van der Waals surface area contributed by atoms with Crippen molar-refractivity contribution in [2.75, 3.05) is 11.9 Å². The van der Waals surface area contributed by atoms with Crippen molar-refractivity contribution in [3.63, 3.8) is 0 Å². The van der Waals surface area contributed by atoms with Crippen molar-refractivity contribution >= 4 is 11.6 Å². The maximum absolute atomic E-state index is 12.1. The highest BCUT2D eigenvalue weighted by molar-refractivity contribution is 5.90. The van der Waals surface area contributed by atoms with E-state index in [-0.39, 0.29) is 11.7 Å². The van der Waals surface area contributed by atoms with Gasteiger partial charge in [-0.2, -0.15) is 0 Å². The highest BCUT2D eigenvalue weighted by atomic mass is 19.4. The van der Waals surface area contributed by atoms with Crippen LogP contribution in [0.1, 0.15) is 25.7 Å². The molecule has 4 nitrogen and oxygen atoms in total. The molecular weight excluding hydrogens is 285 g/mol. The van der Waals surface area contributed by atoms with Gasteiger partial charge in [-0.3, -0.25) is 4.79 Å². The first-order valence-electron chi connectivity index (χ1n) is 6.81. The SMILES string of the molecule is O=C(CCC1CCCN1)Nc1cccc(OC(F)(F)F)c1. The molecule has 1 aliphatic rings. The lowest BCUT2D eigenvalue weighted by Crippen LogP contribution is -2.23. The number of ether oxygens (including phenoxy) is 1. The fraction of sp³-hybridized carbons (Fsp3) is 0.500. The van der Waals surface area contributed by atoms with Crippen LogP contribution >= 0.6 is 0 Å². The Kier molecular flexibility index (Phi) is 5.06. The number of halogens is 3. The third kappa shape index (κ3) is 5.63. The molecule has 0 spiro atoms. The summed E-state index contributed by atoms with van der Waals surface area (Å²) in [6, 6.07) is 5.62. The zero-order valence-electron chi connectivity index (χ0n) is 11.4. The Morgan fingerprint density at radius 1 is 1.43 bits per heavy atom. The van der Waals surface area contributed by atoms with Gasteiger partial charge in [0.25, 0.3) is 0 Å². The van der Waals surface area contributed by atoms with E-state index in [0.29, 0.717) is 18.2 Å². The van der Waals surface area contributed by atoms with Crippen molar-refractivity contribution in [1.29, 1.82) is 0 Å². The monoisotopic (exact) mass is 302 g/mol. The lowest BCUT2D eigenvalue weighted by Gasteiger charge is -2.12. The van der Waals surface area contributed by atoms with Crippen molar-refractivity contribution < 1.29 is 22.7 Å². The Morgan fingerprint density at radius 2 is 2.24 bits per heavy atom. The maximum Gasteiger partial charge on any atom is 0.573 e. The third-order valence-corrected chi connectivity index (χ3v) is 3.23. The quantitative estimate of drug-likeness (QED) is 0.879. The van der Waals surface area contributed by atoms with Gasteiger partial charge < -0.3 is 15.4 Å². The zero-order chi connectivity index (χ0) is 15.3. The summed E-state index contributed by atoms with van der Waals surface area (Å²) >= 11 is 0. The van der Waals surface area contributed by atoms with Crippen LogP contribution in [0.5, 0.6) is 5.75 Å². The second-order valence-electron chi connectivity index (χ2n) is 4.96. The molecule has 2 rings (SSSR count). The van der Waals surface area contributed by atoms with Crippen LogP contribution in [0.25, 0.3) is 0 Å². The second kappa shape index (κ2) is 6.80. The summed E-state index contributed by atoms with van der Waals surface area (Å²) in [5, 5.41) is 5.86. The summed E-state index contributed by atoms with van der Waals surface area (Å²) in [4.78, 5) is 11.8. The topological polar surface area (TPSA) is 50.4 Å². The second-order valence-corrected chi connectivity index (χ2v) is 4.96. The van der Waals surface area contributed by atoms with Crippen LogP contribution in [0.15, 0.2) is 24.3 Å². The molecule has 0 aliphatic carbocycles. The molecule has 0 saturated carbocycles. The van der Waals surface area contributed by atoms with Crippen molar-refractivity contribution in [2.24, 2.45) is 0 Å². The number of benzene rings is 1. The molecule has 1 aliphatic heterocycles. The summed E-state index contributed by atoms with van der Waals surface area (Å²) in [5.74, 6) is -0.564. The number of carbonyl (C=O) groups is 1. The third-order valence-electron chi connectivity index (χ3n) is 3.23. The van der Waals surface area contributed by atoms with Crippen LogP contribution in [-0.2, 0) is 4.79 Å². The molecule has 0 aromatic heterocycles. The fourth-order valence-electron chi connectivity index (χ4n) is 2.30. The number of carbonyl (C=O) groups excluding carboxylic acids is 1. The fourth-order valence-corrected chi connectivity index (χ4v) is 2.30. The van der Waals surface area contributed by atoms with E-state index in [1.165, 1.54) is 18.2 Å². The average molecular weight is 302 g/mol. The van der Waals surface area contributed by atoms with Crippen molar-refractivity contribution in [3.05, 3.63) is 24.3 Å². The van der Waals surface area contributed by atoms with E-state index in [0.717, 1.165) is 31.9 Å². The Morgan fingerprint density at radius 3 is 2.90 bits per heavy atom. The molecule has 1 aromatic carbocycles. The van der Waals surface area contributed by atoms with Gasteiger partial charge in [-0.1, -0.05) is 6.07 Å². The van der Waals surface area contributed by atoms with Crippen LogP contribution in [-0.4, -0.2) is 24.9 Å². The number of alkyl halides is 3. The molecule has 7 heteroatoms. The lowest BCUT2D eigenvalue weighted by atomic mass is 10.1. The van der Waals surface area contributed by atoms with Gasteiger partial charge in [0.05, 0.1) is 0 Å². The van der Waals surface area contributed by atoms with E-state index in [2.05, 4.69) is 15.4 Å². The molecule has 0 radical (unpaired) electrons. The zero-order valence-corrected chi connectivity index (χ0v) is 11.4. The van der Waals surface area contributed by atoms with Crippen molar-refractivity contribution in [1.82, 2.24) is 5.32 Å². The van der Waals surface area contributed by atoms with E-state index in [1.807, 2.05) is 0 Å². The van der Waals surface area contributed by atoms with Gasteiger partial charge >= 0.3 is 6.36 Å². The van der Waals surface area contributed by atoms with Crippen LogP contribution in [0.3, 0.4) is 0 Å². The van der Waals surface area contributed by atoms with E-state index in [1.54, 1.807) is 0 Å². The number of hydrogen-bond acceptors (Lipinski definition) is 3. The summed E-state index contributed by atoms with van der Waals surface area (Å²) in [7, 11) is 0. The first-order valence-corrected chi connectivity index (χ1v) is 6.81. The predicted molar refractivity (Wildman–Crippen MR) is 72.0 cm³/mol. The number of rotatable bonds is 5. The highest BCUT2D eigenvalue weighted by Gasteiger charge is 2.31. The van der Waals surface area contributed by atoms with Gasteiger partial charge in [0.1, 0.15) is 5.75 Å². The standard InChI is InChI=1S/C14H17F3N2O2/c15-14(16,17)21-12-5-1-3-11(9-12)19-13(20)7-6-10-4-2-8-18-10/h1,3,5,9-10,18H,2,4,6-8H2,(H,19,20). The smallest absolute Gasteiger partial charge is 0.406 e. The summed E-state index contributed by atoms with van der Waals surface area (Å²) in [6.07, 6.45) is -1.51. The lowest BCUT2D eigenvalue weighted by molar-refractivity contribution is -0.274. The van der Waals surface area contributed by atoms with Gasteiger partial charge in [-0.05, 0) is 37.9 Å². The molecule has 1 atom stereocenters. The number of hydrogen-bond donors (Lipinski definition) is 2. The van der Waals surface area contributed by atoms with Crippen LogP contribution in [0, 0.1) is 0 Å². The number of nitrogens with one attached hydrogen (secondary N) is 2. The molecule has 1 heterocycles. The van der Waals surface area contributed by atoms with Gasteiger partial charge in [0.2, 0.25) is 5.91 Å². The molecule has 0 bridgehead atoms. The normalized spacial score (nSPS) is 18.5. The highest BCUT2D eigenvalue weighted by Crippen LogP contribution is 2.25. The molecule has 1 aromatic rings. The minimum absolute atomic E-state index is 0.215. The van der Waals surface area contributed by atoms with Crippen molar-refractivity contribution in [2.45, 2.75) is 38.1 Å². The number of amides is 1. The van der Waals surface area contributed by atoms with E-state index < -0.39 is 6.36 Å². The van der Waals surface area contributed by atoms with Crippen LogP contribution in [0.2, 0.25) is 0 Å². The Bertz CT molecular complexity index is 485. The van der Waals surface area contributed by atoms with Gasteiger partial charge in [-0.15, -0.1) is 13.2 Å². The molecule has 21 heavy (non-hydrogen) atoms. The minimum atomic E-state index is -4.74. The average Bonchev–Trinajstić information content (AvgIpc) is 2.87. The maximum atomic E-state index is 12.1. The Hall–Kier alpha value is -1.76. The molecule has 116 valence electrons. The van der Waals surface area contributed by atoms with E-state index >= 15 is 0 Å². The first kappa shape index (κ1) is 15.6. The van der Waals surface area contributed by atoms with E-state index in [4.69, 9.17) is 0 Å². The number of anilines is 1. The molecule has 1 amide bonds. The van der Waals surface area contributed by atoms with Gasteiger partial charge in [0, 0.05) is 24.2 Å². The summed E-state index contributed by atoms with van der Waals surface area (Å²) in [5.41, 5.74) is 0.293. The van der Waals surface area contributed by atoms with Gasteiger partial charge in [0.15, 0.2) is 0 Å². The van der Waals surface area contributed by atoms with Crippen LogP contribution in [0.4, 0.5) is 18.9 Å². The summed E-state index contributed by atoms with van der Waals surface area (Å²) < 4.78 is 40.1. The minimum Gasteiger partial charge on any atom is -0.406 e. The largest absolute Gasteiger partial charge is 0.573 e. The van der Waals surface area contributed by atoms with Crippen LogP contribution < -0.4 is 15.4 Å². The Balaban J connectivity index is 1.83. The Labute approximate surface area is 120 Å². The van der Waals surface area contributed by atoms with E-state index in [9.17, 15) is 18.0 Å². The predicted octanol–water partition coefficient (Wildman–Crippen LogP) is 3.06. The molecule has 1 fully saturated rings.